The molecule has 1 rings (SSSR count). The zero-order valence-electron chi connectivity index (χ0n) is 12.3. The Bertz CT molecular complexity index is 553. The van der Waals surface area contributed by atoms with Crippen molar-refractivity contribution in [2.75, 3.05) is 5.32 Å². The fourth-order valence-corrected chi connectivity index (χ4v) is 2.50. The van der Waals surface area contributed by atoms with E-state index in [1.54, 1.807) is 12.1 Å². The summed E-state index contributed by atoms with van der Waals surface area (Å²) < 4.78 is 22.9. The van der Waals surface area contributed by atoms with Gasteiger partial charge in [-0.3, -0.25) is 0 Å². The minimum absolute atomic E-state index is 0.162. The highest BCUT2D eigenvalue weighted by Crippen LogP contribution is 2.25. The van der Waals surface area contributed by atoms with Gasteiger partial charge in [-0.25, -0.2) is 13.6 Å². The Morgan fingerprint density at radius 1 is 1.26 bits per heavy atom. The summed E-state index contributed by atoms with van der Waals surface area (Å²) in [4.78, 5) is 0.162. The van der Waals surface area contributed by atoms with Crippen LogP contribution >= 0.6 is 0 Å². The van der Waals surface area contributed by atoms with Crippen LogP contribution in [0.15, 0.2) is 17.0 Å². The highest BCUT2D eigenvalue weighted by atomic mass is 32.2. The molecule has 0 saturated heterocycles. The number of benzene rings is 1. The number of aryl methyl sites for hydroxylation is 1. The number of hydrogen-bond acceptors (Lipinski definition) is 3. The number of hydrogen-bond donors (Lipinski definition) is 2. The number of rotatable bonds is 5. The number of nitrogens with one attached hydrogen (secondary N) is 1. The zero-order valence-corrected chi connectivity index (χ0v) is 13.1. The second-order valence-electron chi connectivity index (χ2n) is 5.28. The van der Waals surface area contributed by atoms with E-state index in [2.05, 4.69) is 26.1 Å². The summed E-state index contributed by atoms with van der Waals surface area (Å²) in [6, 6.07) is 3.51. The Morgan fingerprint density at radius 3 is 2.32 bits per heavy atom. The predicted molar refractivity (Wildman–Crippen MR) is 79.8 cm³/mol. The summed E-state index contributed by atoms with van der Waals surface area (Å²) >= 11 is 0. The van der Waals surface area contributed by atoms with Gasteiger partial charge < -0.3 is 5.32 Å². The number of sulfonamides is 1. The standard InChI is InChI=1S/C14H24N2O2S/c1-6-9(2)12(5)16-14-8-13(19(15,17)18)7-10(3)11(14)4/h7-9,12,16H,6H2,1-5H3,(H2,15,17,18). The fourth-order valence-electron chi connectivity index (χ4n) is 1.88. The van der Waals surface area contributed by atoms with Gasteiger partial charge in [-0.1, -0.05) is 20.3 Å². The average molecular weight is 284 g/mol. The maximum atomic E-state index is 11.5. The third-order valence-corrected chi connectivity index (χ3v) is 4.74. The van der Waals surface area contributed by atoms with Crippen molar-refractivity contribution in [3.63, 3.8) is 0 Å². The molecule has 0 bridgehead atoms. The van der Waals surface area contributed by atoms with Crippen LogP contribution in [0.25, 0.3) is 0 Å². The van der Waals surface area contributed by atoms with Crippen molar-refractivity contribution in [3.05, 3.63) is 23.3 Å². The smallest absolute Gasteiger partial charge is 0.238 e. The van der Waals surface area contributed by atoms with Gasteiger partial charge in [0, 0.05) is 11.7 Å². The van der Waals surface area contributed by atoms with Crippen molar-refractivity contribution in [2.24, 2.45) is 11.1 Å². The van der Waals surface area contributed by atoms with E-state index in [9.17, 15) is 8.42 Å². The van der Waals surface area contributed by atoms with Crippen molar-refractivity contribution in [3.8, 4) is 0 Å². The van der Waals surface area contributed by atoms with Crippen LogP contribution in [0.1, 0.15) is 38.3 Å². The first-order valence-electron chi connectivity index (χ1n) is 6.57. The van der Waals surface area contributed by atoms with Gasteiger partial charge in [0.15, 0.2) is 0 Å². The van der Waals surface area contributed by atoms with Crippen LogP contribution in [0.3, 0.4) is 0 Å². The van der Waals surface area contributed by atoms with E-state index < -0.39 is 10.0 Å². The quantitative estimate of drug-likeness (QED) is 0.873. The van der Waals surface area contributed by atoms with Gasteiger partial charge in [-0.05, 0) is 49.9 Å². The number of anilines is 1. The van der Waals surface area contributed by atoms with Crippen molar-refractivity contribution in [1.82, 2.24) is 0 Å². The molecule has 0 saturated carbocycles. The van der Waals surface area contributed by atoms with E-state index in [-0.39, 0.29) is 10.9 Å². The Kier molecular flexibility index (Phi) is 4.98. The van der Waals surface area contributed by atoms with Crippen LogP contribution in [0.2, 0.25) is 0 Å². The minimum atomic E-state index is -3.67. The van der Waals surface area contributed by atoms with Crippen molar-refractivity contribution in [1.29, 1.82) is 0 Å². The largest absolute Gasteiger partial charge is 0.382 e. The summed E-state index contributed by atoms with van der Waals surface area (Å²) in [6.45, 7) is 10.3. The lowest BCUT2D eigenvalue weighted by Gasteiger charge is -2.23. The molecule has 1 aromatic rings. The third-order valence-electron chi connectivity index (χ3n) is 3.85. The molecule has 3 N–H and O–H groups in total. The van der Waals surface area contributed by atoms with Gasteiger partial charge in [-0.2, -0.15) is 0 Å². The third kappa shape index (κ3) is 3.94. The second kappa shape index (κ2) is 5.92. The van der Waals surface area contributed by atoms with E-state index in [0.29, 0.717) is 5.92 Å². The normalized spacial score (nSPS) is 15.1. The highest BCUT2D eigenvalue weighted by molar-refractivity contribution is 7.89. The van der Waals surface area contributed by atoms with Gasteiger partial charge in [0.05, 0.1) is 4.90 Å². The molecule has 2 unspecified atom stereocenters. The molecule has 1 aromatic carbocycles. The van der Waals surface area contributed by atoms with Gasteiger partial charge in [0.25, 0.3) is 0 Å². The molecule has 0 aliphatic heterocycles. The van der Waals surface area contributed by atoms with E-state index in [0.717, 1.165) is 23.2 Å². The molecular weight excluding hydrogens is 260 g/mol. The first kappa shape index (κ1) is 16.0. The van der Waals surface area contributed by atoms with Gasteiger partial charge in [0.1, 0.15) is 0 Å². The summed E-state index contributed by atoms with van der Waals surface area (Å²) in [6.07, 6.45) is 1.07. The topological polar surface area (TPSA) is 72.2 Å². The average Bonchev–Trinajstić information content (AvgIpc) is 2.32. The molecule has 2 atom stereocenters. The molecule has 0 heterocycles. The zero-order chi connectivity index (χ0) is 14.8. The van der Waals surface area contributed by atoms with E-state index in [1.165, 1.54) is 0 Å². The van der Waals surface area contributed by atoms with Gasteiger partial charge >= 0.3 is 0 Å². The molecule has 19 heavy (non-hydrogen) atoms. The van der Waals surface area contributed by atoms with Gasteiger partial charge in [-0.15, -0.1) is 0 Å². The summed E-state index contributed by atoms with van der Waals surface area (Å²) in [7, 11) is -3.67. The summed E-state index contributed by atoms with van der Waals surface area (Å²) in [5.74, 6) is 0.512. The van der Waals surface area contributed by atoms with Crippen LogP contribution in [-0.2, 0) is 10.0 Å². The molecule has 108 valence electrons. The molecule has 4 nitrogen and oxygen atoms in total. The molecule has 0 spiro atoms. The SMILES string of the molecule is CCC(C)C(C)Nc1cc(S(N)(=O)=O)cc(C)c1C. The lowest BCUT2D eigenvalue weighted by Crippen LogP contribution is -2.24. The van der Waals surface area contributed by atoms with Crippen LogP contribution in [-0.4, -0.2) is 14.5 Å². The maximum Gasteiger partial charge on any atom is 0.238 e. The van der Waals surface area contributed by atoms with E-state index in [1.807, 2.05) is 13.8 Å². The fraction of sp³-hybridized carbons (Fsp3) is 0.571. The van der Waals surface area contributed by atoms with Crippen molar-refractivity contribution >= 4 is 15.7 Å². The molecule has 0 amide bonds. The summed E-state index contributed by atoms with van der Waals surface area (Å²) in [5.41, 5.74) is 2.82. The molecule has 0 aliphatic rings. The Hall–Kier alpha value is -1.07. The molecule has 0 aliphatic carbocycles. The first-order valence-corrected chi connectivity index (χ1v) is 8.12. The van der Waals surface area contributed by atoms with Crippen LogP contribution < -0.4 is 10.5 Å². The highest BCUT2D eigenvalue weighted by Gasteiger charge is 2.15. The van der Waals surface area contributed by atoms with Crippen LogP contribution in [0.5, 0.6) is 0 Å². The molecular formula is C14H24N2O2S. The molecule has 5 heteroatoms. The van der Waals surface area contributed by atoms with Gasteiger partial charge in [0.2, 0.25) is 10.0 Å². The molecule has 0 fully saturated rings. The lowest BCUT2D eigenvalue weighted by molar-refractivity contribution is 0.494. The van der Waals surface area contributed by atoms with Crippen molar-refractivity contribution < 1.29 is 8.42 Å². The minimum Gasteiger partial charge on any atom is -0.382 e. The Balaban J connectivity index is 3.17. The predicted octanol–water partition coefficient (Wildman–Crippen LogP) is 2.80. The van der Waals surface area contributed by atoms with Crippen molar-refractivity contribution in [2.45, 2.75) is 52.0 Å². The van der Waals surface area contributed by atoms with Crippen LogP contribution in [0.4, 0.5) is 5.69 Å². The Morgan fingerprint density at radius 2 is 1.84 bits per heavy atom. The summed E-state index contributed by atoms with van der Waals surface area (Å²) in [5, 5.41) is 8.60. The maximum absolute atomic E-state index is 11.5. The molecule has 0 aromatic heterocycles. The van der Waals surface area contributed by atoms with E-state index >= 15 is 0 Å². The number of primary sulfonamides is 1. The Labute approximate surface area is 116 Å². The lowest BCUT2D eigenvalue weighted by atomic mass is 9.99. The number of nitrogens with two attached hydrogens (primary N) is 1. The van der Waals surface area contributed by atoms with E-state index in [4.69, 9.17) is 5.14 Å². The first-order chi connectivity index (χ1) is 8.66. The monoisotopic (exact) mass is 284 g/mol. The molecule has 0 radical (unpaired) electrons. The van der Waals surface area contributed by atoms with Crippen LogP contribution in [0, 0.1) is 19.8 Å². The second-order valence-corrected chi connectivity index (χ2v) is 6.84.